The van der Waals surface area contributed by atoms with Crippen LogP contribution >= 0.6 is 0 Å². The number of carbonyl (C=O) groups is 1. The van der Waals surface area contributed by atoms with Crippen LogP contribution in [0.15, 0.2) is 53.4 Å². The van der Waals surface area contributed by atoms with Gasteiger partial charge in [0.05, 0.1) is 10.9 Å². The van der Waals surface area contributed by atoms with E-state index in [0.29, 0.717) is 30.8 Å². The molecule has 1 atom stereocenters. The summed E-state index contributed by atoms with van der Waals surface area (Å²) < 4.78 is 39.9. The zero-order chi connectivity index (χ0) is 20.9. The molecule has 1 unspecified atom stereocenters. The molecule has 1 N–H and O–H groups in total. The summed E-state index contributed by atoms with van der Waals surface area (Å²) in [5.41, 5.74) is 1.75. The second-order valence-electron chi connectivity index (χ2n) is 7.45. The first-order chi connectivity index (χ1) is 13.9. The topological polar surface area (TPSA) is 66.5 Å². The minimum Gasteiger partial charge on any atom is -0.350 e. The molecule has 0 bridgehead atoms. The summed E-state index contributed by atoms with van der Waals surface area (Å²) in [4.78, 5) is 12.5. The molecule has 1 fully saturated rings. The molecule has 0 radical (unpaired) electrons. The number of aryl methyl sites for hydroxylation is 1. The van der Waals surface area contributed by atoms with E-state index in [1.165, 1.54) is 12.1 Å². The zero-order valence-corrected chi connectivity index (χ0v) is 17.4. The fraction of sp³-hybridized carbons (Fsp3) is 0.409. The number of carbonyl (C=O) groups excluding carboxylic acids is 1. The van der Waals surface area contributed by atoms with Gasteiger partial charge in [0.15, 0.2) is 0 Å². The molecule has 1 amide bonds. The highest BCUT2D eigenvalue weighted by Gasteiger charge is 2.25. The third kappa shape index (κ3) is 5.64. The van der Waals surface area contributed by atoms with Crippen LogP contribution in [0.4, 0.5) is 4.39 Å². The maximum absolute atomic E-state index is 13.0. The van der Waals surface area contributed by atoms with Crippen molar-refractivity contribution in [3.05, 3.63) is 65.5 Å². The van der Waals surface area contributed by atoms with Crippen molar-refractivity contribution in [2.45, 2.75) is 50.0 Å². The van der Waals surface area contributed by atoms with Gasteiger partial charge in [0.2, 0.25) is 15.9 Å². The summed E-state index contributed by atoms with van der Waals surface area (Å²) in [6, 6.07) is 12.6. The quantitative estimate of drug-likeness (QED) is 0.744. The lowest BCUT2D eigenvalue weighted by molar-refractivity contribution is -0.121. The summed E-state index contributed by atoms with van der Waals surface area (Å²) in [5, 5.41) is 2.90. The van der Waals surface area contributed by atoms with Crippen molar-refractivity contribution in [2.24, 2.45) is 0 Å². The summed E-state index contributed by atoms with van der Waals surface area (Å²) in [5.74, 6) is -0.412. The van der Waals surface area contributed by atoms with Crippen LogP contribution in [0.25, 0.3) is 0 Å². The first kappa shape index (κ1) is 21.5. The van der Waals surface area contributed by atoms with E-state index in [4.69, 9.17) is 0 Å². The molecule has 1 aliphatic heterocycles. The molecule has 2 aromatic carbocycles. The number of hydrogen-bond acceptors (Lipinski definition) is 3. The fourth-order valence-electron chi connectivity index (χ4n) is 3.49. The third-order valence-corrected chi connectivity index (χ3v) is 7.18. The van der Waals surface area contributed by atoms with Crippen LogP contribution < -0.4 is 5.32 Å². The lowest BCUT2D eigenvalue weighted by Gasteiger charge is -2.25. The molecule has 0 spiro atoms. The highest BCUT2D eigenvalue weighted by atomic mass is 32.2. The Labute approximate surface area is 172 Å². The summed E-state index contributed by atoms with van der Waals surface area (Å²) in [6.45, 7) is 3.01. The first-order valence-corrected chi connectivity index (χ1v) is 11.4. The van der Waals surface area contributed by atoms with Gasteiger partial charge in [0, 0.05) is 19.5 Å². The smallest absolute Gasteiger partial charge is 0.243 e. The van der Waals surface area contributed by atoms with Crippen LogP contribution in [0.3, 0.4) is 0 Å². The van der Waals surface area contributed by atoms with Crippen molar-refractivity contribution < 1.29 is 17.6 Å². The zero-order valence-electron chi connectivity index (χ0n) is 16.6. The molecule has 29 heavy (non-hydrogen) atoms. The van der Waals surface area contributed by atoms with Crippen molar-refractivity contribution in [3.63, 3.8) is 0 Å². The molecule has 7 heteroatoms. The number of halogens is 1. The van der Waals surface area contributed by atoms with Crippen molar-refractivity contribution >= 4 is 15.9 Å². The van der Waals surface area contributed by atoms with Gasteiger partial charge in [-0.05, 0) is 61.6 Å². The fourth-order valence-corrected chi connectivity index (χ4v) is 5.01. The van der Waals surface area contributed by atoms with Gasteiger partial charge in [-0.2, -0.15) is 4.31 Å². The number of piperidine rings is 1. The lowest BCUT2D eigenvalue weighted by atomic mass is 10.1. The maximum Gasteiger partial charge on any atom is 0.243 e. The van der Waals surface area contributed by atoms with Gasteiger partial charge in [-0.25, -0.2) is 12.8 Å². The molecule has 5 nitrogen and oxygen atoms in total. The third-order valence-electron chi connectivity index (χ3n) is 5.26. The SMILES string of the molecule is CC(NC(=O)CCc1ccc(S(=O)(=O)N2CCCCC2)cc1)c1ccc(F)cc1. The highest BCUT2D eigenvalue weighted by Crippen LogP contribution is 2.21. The number of nitrogens with zero attached hydrogens (tertiary/aromatic N) is 1. The van der Waals surface area contributed by atoms with Crippen LogP contribution in [-0.4, -0.2) is 31.7 Å². The molecule has 1 heterocycles. The second kappa shape index (κ2) is 9.50. The molecule has 1 aliphatic rings. The maximum atomic E-state index is 13.0. The standard InChI is InChI=1S/C22H27FN2O3S/c1-17(19-8-10-20(23)11-9-19)24-22(26)14-7-18-5-12-21(13-6-18)29(27,28)25-15-3-2-4-16-25/h5-6,8-13,17H,2-4,7,14-16H2,1H3,(H,24,26). The van der Waals surface area contributed by atoms with Gasteiger partial charge in [-0.3, -0.25) is 4.79 Å². The number of rotatable bonds is 7. The average Bonchev–Trinajstić information content (AvgIpc) is 2.73. The molecular weight excluding hydrogens is 391 g/mol. The van der Waals surface area contributed by atoms with Crippen molar-refractivity contribution in [3.8, 4) is 0 Å². The van der Waals surface area contributed by atoms with Crippen LogP contribution in [0.5, 0.6) is 0 Å². The Balaban J connectivity index is 1.53. The van der Waals surface area contributed by atoms with Crippen molar-refractivity contribution in [2.75, 3.05) is 13.1 Å². The molecule has 156 valence electrons. The van der Waals surface area contributed by atoms with Gasteiger partial charge in [0.25, 0.3) is 0 Å². The Bertz CT molecular complexity index is 922. The van der Waals surface area contributed by atoms with E-state index < -0.39 is 10.0 Å². The minimum absolute atomic E-state index is 0.105. The predicted octanol–water partition coefficient (Wildman–Crippen LogP) is 3.81. The molecule has 0 saturated carbocycles. The minimum atomic E-state index is -3.43. The van der Waals surface area contributed by atoms with Gasteiger partial charge >= 0.3 is 0 Å². The predicted molar refractivity (Wildman–Crippen MR) is 110 cm³/mol. The van der Waals surface area contributed by atoms with Crippen molar-refractivity contribution in [1.82, 2.24) is 9.62 Å². The second-order valence-corrected chi connectivity index (χ2v) is 9.39. The number of nitrogens with one attached hydrogen (secondary N) is 1. The Morgan fingerprint density at radius 2 is 1.66 bits per heavy atom. The Morgan fingerprint density at radius 1 is 1.03 bits per heavy atom. The Kier molecular flexibility index (Phi) is 7.03. The molecule has 2 aromatic rings. The van der Waals surface area contributed by atoms with Gasteiger partial charge in [0.1, 0.15) is 5.82 Å². The van der Waals surface area contributed by atoms with E-state index in [0.717, 1.165) is 30.4 Å². The summed E-state index contributed by atoms with van der Waals surface area (Å²) in [6.07, 6.45) is 3.70. The number of sulfonamides is 1. The van der Waals surface area contributed by atoms with E-state index in [2.05, 4.69) is 5.32 Å². The van der Waals surface area contributed by atoms with E-state index in [-0.39, 0.29) is 17.8 Å². The number of benzene rings is 2. The Hall–Kier alpha value is -2.25. The van der Waals surface area contributed by atoms with Crippen LogP contribution in [0, 0.1) is 5.82 Å². The largest absolute Gasteiger partial charge is 0.350 e. The summed E-state index contributed by atoms with van der Waals surface area (Å²) in [7, 11) is -3.43. The number of hydrogen-bond donors (Lipinski definition) is 1. The van der Waals surface area contributed by atoms with E-state index in [9.17, 15) is 17.6 Å². The Morgan fingerprint density at radius 3 is 2.28 bits per heavy atom. The molecule has 0 aromatic heterocycles. The molecular formula is C22H27FN2O3S. The van der Waals surface area contributed by atoms with E-state index in [1.807, 2.05) is 6.92 Å². The first-order valence-electron chi connectivity index (χ1n) is 10.0. The molecule has 1 saturated heterocycles. The van der Waals surface area contributed by atoms with Crippen LogP contribution in [0.2, 0.25) is 0 Å². The van der Waals surface area contributed by atoms with Gasteiger partial charge in [-0.15, -0.1) is 0 Å². The molecule has 3 rings (SSSR count). The van der Waals surface area contributed by atoms with Crippen molar-refractivity contribution in [1.29, 1.82) is 0 Å². The normalized spacial score (nSPS) is 16.3. The lowest BCUT2D eigenvalue weighted by Crippen LogP contribution is -2.35. The summed E-state index contributed by atoms with van der Waals surface area (Å²) >= 11 is 0. The number of amides is 1. The average molecular weight is 419 g/mol. The van der Waals surface area contributed by atoms with Crippen LogP contribution in [-0.2, 0) is 21.2 Å². The van der Waals surface area contributed by atoms with E-state index >= 15 is 0 Å². The van der Waals surface area contributed by atoms with E-state index in [1.54, 1.807) is 40.7 Å². The van der Waals surface area contributed by atoms with Crippen LogP contribution in [0.1, 0.15) is 49.8 Å². The monoisotopic (exact) mass is 418 g/mol. The van der Waals surface area contributed by atoms with Gasteiger partial charge < -0.3 is 5.32 Å². The van der Waals surface area contributed by atoms with Gasteiger partial charge in [-0.1, -0.05) is 30.7 Å². The highest BCUT2D eigenvalue weighted by molar-refractivity contribution is 7.89. The molecule has 0 aliphatic carbocycles.